The van der Waals surface area contributed by atoms with Gasteiger partial charge in [0, 0.05) is 23.9 Å². The van der Waals surface area contributed by atoms with Crippen LogP contribution in [0.2, 0.25) is 0 Å². The summed E-state index contributed by atoms with van der Waals surface area (Å²) in [5.74, 6) is 2.83. The molecule has 1 aliphatic heterocycles. The Kier molecular flexibility index (Phi) is 3.78. The number of pyridine rings is 1. The molecule has 0 radical (unpaired) electrons. The second-order valence-electron chi connectivity index (χ2n) is 7.28. The van der Waals surface area contributed by atoms with Gasteiger partial charge in [-0.05, 0) is 30.7 Å². The Hall–Kier alpha value is -1.19. The fourth-order valence-electron chi connectivity index (χ4n) is 4.63. The summed E-state index contributed by atoms with van der Waals surface area (Å²) in [6.45, 7) is 7.92. The Morgan fingerprint density at radius 2 is 1.90 bits per heavy atom. The molecule has 2 N–H and O–H groups in total. The molecule has 3 heteroatoms. The summed E-state index contributed by atoms with van der Waals surface area (Å²) in [5, 5.41) is 0. The third kappa shape index (κ3) is 3.04. The van der Waals surface area contributed by atoms with E-state index in [1.54, 1.807) is 4.90 Å². The minimum Gasteiger partial charge on any atom is -0.325 e. The summed E-state index contributed by atoms with van der Waals surface area (Å²) in [6.07, 6.45) is 11.8. The lowest BCUT2D eigenvalue weighted by Crippen LogP contribution is -3.27. The van der Waals surface area contributed by atoms with E-state index in [9.17, 15) is 0 Å². The van der Waals surface area contributed by atoms with Crippen molar-refractivity contribution in [3.63, 3.8) is 0 Å². The summed E-state index contributed by atoms with van der Waals surface area (Å²) in [6, 6.07) is 4.26. The van der Waals surface area contributed by atoms with E-state index in [4.69, 9.17) is 0 Å². The molecule has 2 heterocycles. The van der Waals surface area contributed by atoms with Crippen LogP contribution in [0.5, 0.6) is 0 Å². The molecule has 1 aromatic heterocycles. The van der Waals surface area contributed by atoms with Crippen LogP contribution in [0.25, 0.3) is 0 Å². The molecule has 1 aromatic rings. The van der Waals surface area contributed by atoms with Gasteiger partial charge >= 0.3 is 0 Å². The Bertz CT molecular complexity index is 490. The molecule has 0 spiro atoms. The molecule has 112 valence electrons. The van der Waals surface area contributed by atoms with E-state index in [2.05, 4.69) is 29.3 Å². The number of rotatable bonds is 4. The second kappa shape index (κ2) is 5.90. The quantitative estimate of drug-likeness (QED) is 0.721. The summed E-state index contributed by atoms with van der Waals surface area (Å²) in [7, 11) is 0. The molecule has 3 nitrogen and oxygen atoms in total. The van der Waals surface area contributed by atoms with Crippen molar-refractivity contribution in [1.29, 1.82) is 0 Å². The highest BCUT2D eigenvalue weighted by Crippen LogP contribution is 2.42. The van der Waals surface area contributed by atoms with Crippen LogP contribution in [-0.4, -0.2) is 37.7 Å². The number of nitrogens with zero attached hydrogens (tertiary/aromatic N) is 1. The van der Waals surface area contributed by atoms with Gasteiger partial charge in [0.05, 0.1) is 6.54 Å². The normalized spacial score (nSPS) is 38.0. The SMILES string of the molecule is C1=C[C@H]2C[C@@H]1C[C@@H]2C[NH+]1CC[NH+](Cc2cccnc2)CC1. The van der Waals surface area contributed by atoms with E-state index in [0.717, 1.165) is 24.3 Å². The number of allylic oxidation sites excluding steroid dienone is 2. The van der Waals surface area contributed by atoms with E-state index in [1.807, 2.05) is 17.3 Å². The molecule has 4 rings (SSSR count). The lowest BCUT2D eigenvalue weighted by molar-refractivity contribution is -1.02. The van der Waals surface area contributed by atoms with E-state index in [1.165, 1.54) is 51.1 Å². The lowest BCUT2D eigenvalue weighted by atomic mass is 9.93. The average molecular weight is 285 g/mol. The first kappa shape index (κ1) is 13.5. The maximum Gasteiger partial charge on any atom is 0.127 e. The van der Waals surface area contributed by atoms with Crippen molar-refractivity contribution in [2.24, 2.45) is 17.8 Å². The van der Waals surface area contributed by atoms with Crippen molar-refractivity contribution < 1.29 is 9.80 Å². The largest absolute Gasteiger partial charge is 0.325 e. The minimum absolute atomic E-state index is 0.920. The first-order valence-corrected chi connectivity index (χ1v) is 8.61. The zero-order valence-electron chi connectivity index (χ0n) is 12.8. The highest BCUT2D eigenvalue weighted by atomic mass is 15.3. The van der Waals surface area contributed by atoms with Crippen LogP contribution in [-0.2, 0) is 6.54 Å². The number of hydrogen-bond acceptors (Lipinski definition) is 1. The predicted octanol–water partition coefficient (Wildman–Crippen LogP) is -0.423. The van der Waals surface area contributed by atoms with Crippen LogP contribution in [0.15, 0.2) is 36.7 Å². The van der Waals surface area contributed by atoms with Crippen molar-refractivity contribution >= 4 is 0 Å². The zero-order valence-corrected chi connectivity index (χ0v) is 12.8. The maximum atomic E-state index is 4.23. The number of fused-ring (bicyclic) bond motifs is 2. The molecule has 0 unspecified atom stereocenters. The van der Waals surface area contributed by atoms with Crippen LogP contribution in [0.4, 0.5) is 0 Å². The molecule has 21 heavy (non-hydrogen) atoms. The van der Waals surface area contributed by atoms with Crippen molar-refractivity contribution in [1.82, 2.24) is 4.98 Å². The molecule has 3 aliphatic rings. The van der Waals surface area contributed by atoms with Crippen molar-refractivity contribution in [2.45, 2.75) is 19.4 Å². The summed E-state index contributed by atoms with van der Waals surface area (Å²) < 4.78 is 0. The van der Waals surface area contributed by atoms with Crippen molar-refractivity contribution in [3.05, 3.63) is 42.2 Å². The van der Waals surface area contributed by atoms with E-state index in [0.29, 0.717) is 0 Å². The number of quaternary nitrogens is 2. The van der Waals surface area contributed by atoms with Gasteiger partial charge in [0.15, 0.2) is 0 Å². The van der Waals surface area contributed by atoms with E-state index >= 15 is 0 Å². The highest BCUT2D eigenvalue weighted by molar-refractivity contribution is 5.10. The zero-order chi connectivity index (χ0) is 14.1. The fourth-order valence-corrected chi connectivity index (χ4v) is 4.63. The van der Waals surface area contributed by atoms with Crippen LogP contribution < -0.4 is 9.80 Å². The smallest absolute Gasteiger partial charge is 0.127 e. The van der Waals surface area contributed by atoms with Crippen LogP contribution in [0.3, 0.4) is 0 Å². The van der Waals surface area contributed by atoms with Gasteiger partial charge in [0.2, 0.25) is 0 Å². The van der Waals surface area contributed by atoms with Gasteiger partial charge in [0.1, 0.15) is 32.7 Å². The van der Waals surface area contributed by atoms with E-state index < -0.39 is 0 Å². The predicted molar refractivity (Wildman–Crippen MR) is 83.0 cm³/mol. The first-order valence-electron chi connectivity index (χ1n) is 8.61. The summed E-state index contributed by atoms with van der Waals surface area (Å²) in [4.78, 5) is 7.82. The average Bonchev–Trinajstić information content (AvgIpc) is 3.13. The van der Waals surface area contributed by atoms with Gasteiger partial charge < -0.3 is 9.80 Å². The van der Waals surface area contributed by atoms with Gasteiger partial charge in [-0.3, -0.25) is 4.98 Å². The van der Waals surface area contributed by atoms with Gasteiger partial charge in [-0.1, -0.05) is 18.2 Å². The summed E-state index contributed by atoms with van der Waals surface area (Å²) >= 11 is 0. The molecule has 2 fully saturated rings. The molecular weight excluding hydrogens is 258 g/mol. The van der Waals surface area contributed by atoms with Crippen molar-refractivity contribution in [3.8, 4) is 0 Å². The molecule has 0 amide bonds. The fraction of sp³-hybridized carbons (Fsp3) is 0.611. The molecule has 3 atom stereocenters. The van der Waals surface area contributed by atoms with Crippen LogP contribution >= 0.6 is 0 Å². The maximum absolute atomic E-state index is 4.23. The minimum atomic E-state index is 0.920. The monoisotopic (exact) mass is 285 g/mol. The topological polar surface area (TPSA) is 21.8 Å². The Morgan fingerprint density at radius 1 is 1.05 bits per heavy atom. The molecule has 2 aliphatic carbocycles. The van der Waals surface area contributed by atoms with Gasteiger partial charge in [-0.2, -0.15) is 0 Å². The highest BCUT2D eigenvalue weighted by Gasteiger charge is 2.38. The molecular formula is C18H27N3+2. The Morgan fingerprint density at radius 3 is 2.57 bits per heavy atom. The number of hydrogen-bond donors (Lipinski definition) is 2. The standard InChI is InChI=1S/C18H25N3/c1-2-16(12-19-5-1)13-20-6-8-21(9-7-20)14-18-11-15-3-4-17(18)10-15/h1-5,12,15,17-18H,6-11,13-14H2/p+2/t15-,17+,18-/m1/s1. The Labute approximate surface area is 127 Å². The van der Waals surface area contributed by atoms with Crippen LogP contribution in [0.1, 0.15) is 18.4 Å². The van der Waals surface area contributed by atoms with Gasteiger partial charge in [-0.25, -0.2) is 0 Å². The third-order valence-corrected chi connectivity index (χ3v) is 5.81. The molecule has 1 saturated heterocycles. The number of aromatic nitrogens is 1. The van der Waals surface area contributed by atoms with Gasteiger partial charge in [-0.15, -0.1) is 0 Å². The number of piperazine rings is 1. The van der Waals surface area contributed by atoms with Crippen LogP contribution in [0, 0.1) is 17.8 Å². The second-order valence-corrected chi connectivity index (χ2v) is 7.28. The first-order chi connectivity index (χ1) is 10.4. The molecule has 2 bridgehead atoms. The summed E-state index contributed by atoms with van der Waals surface area (Å²) in [5.41, 5.74) is 1.38. The number of nitrogens with one attached hydrogen (secondary N) is 2. The van der Waals surface area contributed by atoms with Crippen molar-refractivity contribution in [2.75, 3.05) is 32.7 Å². The Balaban J connectivity index is 1.24. The molecule has 1 saturated carbocycles. The van der Waals surface area contributed by atoms with Gasteiger partial charge in [0.25, 0.3) is 0 Å². The lowest BCUT2D eigenvalue weighted by Gasteiger charge is -2.32. The molecule has 0 aromatic carbocycles. The van der Waals surface area contributed by atoms with E-state index in [-0.39, 0.29) is 0 Å². The third-order valence-electron chi connectivity index (χ3n) is 5.81.